The normalized spacial score (nSPS) is 20.5. The van der Waals surface area contributed by atoms with E-state index in [1.54, 1.807) is 0 Å². The van der Waals surface area contributed by atoms with Crippen LogP contribution in [0.1, 0.15) is 66.5 Å². The van der Waals surface area contributed by atoms with Gasteiger partial charge in [0.1, 0.15) is 6.54 Å². The summed E-state index contributed by atoms with van der Waals surface area (Å²) in [6.07, 6.45) is 6.83. The van der Waals surface area contributed by atoms with E-state index in [0.29, 0.717) is 11.2 Å². The fraction of sp³-hybridized carbons (Fsp3) is 0.370. The fourth-order valence-electron chi connectivity index (χ4n) is 5.62. The zero-order chi connectivity index (χ0) is 23.7. The highest BCUT2D eigenvalue weighted by Crippen LogP contribution is 2.42. The number of para-hydroxylation sites is 1. The number of nitrogens with one attached hydrogen (secondary N) is 2. The van der Waals surface area contributed by atoms with E-state index in [9.17, 15) is 4.79 Å². The molecular formula is C27H31N5OS. The number of carbonyl (C=O) groups is 1. The second kappa shape index (κ2) is 9.58. The van der Waals surface area contributed by atoms with Gasteiger partial charge in [0, 0.05) is 29.3 Å². The van der Waals surface area contributed by atoms with E-state index in [2.05, 4.69) is 40.1 Å². The van der Waals surface area contributed by atoms with E-state index in [1.165, 1.54) is 42.6 Å². The lowest BCUT2D eigenvalue weighted by atomic mass is 9.96. The Hall–Kier alpha value is -3.19. The average molecular weight is 474 g/mol. The molecule has 1 saturated heterocycles. The molecule has 2 aromatic heterocycles. The Kier molecular flexibility index (Phi) is 6.37. The number of benzene rings is 1. The summed E-state index contributed by atoms with van der Waals surface area (Å²) in [5, 5.41) is 7.05. The number of anilines is 1. The number of rotatable bonds is 6. The number of nitrogens with zero attached hydrogens (tertiary/aromatic N) is 3. The zero-order valence-corrected chi connectivity index (χ0v) is 20.5. The van der Waals surface area contributed by atoms with Crippen molar-refractivity contribution < 1.29 is 4.79 Å². The molecule has 5 rings (SSSR count). The number of hydrogen-bond donors (Lipinski definition) is 2. The minimum absolute atomic E-state index is 0.0911. The molecule has 0 bridgehead atoms. The van der Waals surface area contributed by atoms with E-state index in [1.807, 2.05) is 59.6 Å². The lowest BCUT2D eigenvalue weighted by Gasteiger charge is -2.28. The first kappa shape index (κ1) is 22.6. The number of hydrogen-bond acceptors (Lipinski definition) is 3. The van der Waals surface area contributed by atoms with Gasteiger partial charge in [0.05, 0.1) is 17.8 Å². The van der Waals surface area contributed by atoms with Crippen molar-refractivity contribution in [3.63, 3.8) is 0 Å². The predicted octanol–water partition coefficient (Wildman–Crippen LogP) is 5.23. The van der Waals surface area contributed by atoms with Gasteiger partial charge in [-0.2, -0.15) is 0 Å². The summed E-state index contributed by atoms with van der Waals surface area (Å²) in [4.78, 5) is 19.7. The first-order valence-corrected chi connectivity index (χ1v) is 12.4. The van der Waals surface area contributed by atoms with Crippen LogP contribution in [0, 0.1) is 13.8 Å². The number of thiocarbonyl (C=S) groups is 1. The minimum atomic E-state index is -0.129. The van der Waals surface area contributed by atoms with E-state index in [0.717, 1.165) is 11.4 Å². The maximum absolute atomic E-state index is 13.0. The highest BCUT2D eigenvalue weighted by molar-refractivity contribution is 7.80. The van der Waals surface area contributed by atoms with Crippen molar-refractivity contribution in [1.82, 2.24) is 19.8 Å². The quantitative estimate of drug-likeness (QED) is 0.480. The molecule has 2 N–H and O–H groups in total. The molecule has 3 aromatic rings. The summed E-state index contributed by atoms with van der Waals surface area (Å²) in [5.74, 6) is -0.0911. The molecule has 2 aliphatic rings. The molecule has 3 heterocycles. The van der Waals surface area contributed by atoms with Crippen LogP contribution in [0.25, 0.3) is 0 Å². The summed E-state index contributed by atoms with van der Waals surface area (Å²) in [6, 6.07) is 18.1. The molecule has 0 radical (unpaired) electrons. The van der Waals surface area contributed by atoms with Crippen LogP contribution in [0.3, 0.4) is 0 Å². The van der Waals surface area contributed by atoms with Crippen LogP contribution in [0.15, 0.2) is 60.8 Å². The van der Waals surface area contributed by atoms with Crippen molar-refractivity contribution in [2.24, 2.45) is 0 Å². The molecule has 1 aliphatic heterocycles. The molecule has 176 valence electrons. The number of pyridine rings is 1. The van der Waals surface area contributed by atoms with Gasteiger partial charge < -0.3 is 20.1 Å². The van der Waals surface area contributed by atoms with Crippen LogP contribution >= 0.6 is 12.2 Å². The van der Waals surface area contributed by atoms with Crippen LogP contribution < -0.4 is 10.6 Å². The molecule has 1 aromatic carbocycles. The van der Waals surface area contributed by atoms with Gasteiger partial charge in [-0.3, -0.25) is 9.78 Å². The predicted molar refractivity (Wildman–Crippen MR) is 139 cm³/mol. The molecule has 1 aliphatic carbocycles. The number of aryl methyl sites for hydroxylation is 1. The third kappa shape index (κ3) is 4.32. The molecule has 1 amide bonds. The van der Waals surface area contributed by atoms with Gasteiger partial charge >= 0.3 is 0 Å². The Balaban J connectivity index is 1.50. The van der Waals surface area contributed by atoms with Crippen molar-refractivity contribution >= 4 is 28.9 Å². The van der Waals surface area contributed by atoms with Crippen molar-refractivity contribution in [3.05, 3.63) is 83.4 Å². The molecule has 1 saturated carbocycles. The van der Waals surface area contributed by atoms with Crippen LogP contribution in [-0.2, 0) is 4.79 Å². The van der Waals surface area contributed by atoms with Gasteiger partial charge in [-0.1, -0.05) is 37.1 Å². The highest BCUT2D eigenvalue weighted by Gasteiger charge is 2.42. The summed E-state index contributed by atoms with van der Waals surface area (Å²) in [7, 11) is 0. The molecule has 6 nitrogen and oxygen atoms in total. The third-order valence-electron chi connectivity index (χ3n) is 7.10. The SMILES string of the molecule is Cc1cc([C@@H]2[C@H](c3ccccn3)NC(=S)N2CC(=O)Nc2ccccc2)c(C)n1C1CCCC1. The maximum atomic E-state index is 13.0. The Morgan fingerprint density at radius 2 is 1.85 bits per heavy atom. The van der Waals surface area contributed by atoms with Crippen molar-refractivity contribution in [1.29, 1.82) is 0 Å². The second-order valence-electron chi connectivity index (χ2n) is 9.30. The Bertz CT molecular complexity index is 1170. The summed E-state index contributed by atoms with van der Waals surface area (Å²) >= 11 is 5.77. The topological polar surface area (TPSA) is 62.2 Å². The van der Waals surface area contributed by atoms with Crippen molar-refractivity contribution in [2.45, 2.75) is 57.7 Å². The van der Waals surface area contributed by atoms with E-state index in [-0.39, 0.29) is 24.5 Å². The maximum Gasteiger partial charge on any atom is 0.244 e. The summed E-state index contributed by atoms with van der Waals surface area (Å²) in [6.45, 7) is 4.57. The number of aromatic nitrogens is 2. The fourth-order valence-corrected chi connectivity index (χ4v) is 5.92. The summed E-state index contributed by atoms with van der Waals surface area (Å²) in [5.41, 5.74) is 5.44. The van der Waals surface area contributed by atoms with Crippen LogP contribution in [-0.4, -0.2) is 32.0 Å². The zero-order valence-electron chi connectivity index (χ0n) is 19.7. The molecule has 7 heteroatoms. The standard InChI is InChI=1S/C27H31N5OS/c1-18-16-22(19(2)32(18)21-12-6-7-13-21)26-25(23-14-8-9-15-28-23)30-27(34)31(26)17-24(33)29-20-10-4-3-5-11-20/h3-5,8-11,14-16,21,25-26H,6-7,12-13,17H2,1-2H3,(H,29,33)(H,30,34)/t25-,26+/m0/s1. The monoisotopic (exact) mass is 473 g/mol. The van der Waals surface area contributed by atoms with Gasteiger partial charge in [-0.25, -0.2) is 0 Å². The van der Waals surface area contributed by atoms with Crippen molar-refractivity contribution in [3.8, 4) is 0 Å². The summed E-state index contributed by atoms with van der Waals surface area (Å²) < 4.78 is 2.50. The lowest BCUT2D eigenvalue weighted by molar-refractivity contribution is -0.116. The molecular weight excluding hydrogens is 442 g/mol. The van der Waals surface area contributed by atoms with Crippen molar-refractivity contribution in [2.75, 3.05) is 11.9 Å². The van der Waals surface area contributed by atoms with Crippen LogP contribution in [0.5, 0.6) is 0 Å². The molecule has 2 fully saturated rings. The lowest BCUT2D eigenvalue weighted by Crippen LogP contribution is -2.37. The average Bonchev–Trinajstić information content (AvgIpc) is 3.54. The van der Waals surface area contributed by atoms with Gasteiger partial charge in [-0.05, 0) is 74.8 Å². The minimum Gasteiger partial charge on any atom is -0.352 e. The second-order valence-corrected chi connectivity index (χ2v) is 9.69. The van der Waals surface area contributed by atoms with Crippen LogP contribution in [0.2, 0.25) is 0 Å². The van der Waals surface area contributed by atoms with Crippen LogP contribution in [0.4, 0.5) is 5.69 Å². The first-order chi connectivity index (χ1) is 16.5. The number of carbonyl (C=O) groups excluding carboxylic acids is 1. The Labute approximate surface area is 206 Å². The molecule has 34 heavy (non-hydrogen) atoms. The van der Waals surface area contributed by atoms with Gasteiger partial charge in [0.25, 0.3) is 0 Å². The smallest absolute Gasteiger partial charge is 0.244 e. The third-order valence-corrected chi connectivity index (χ3v) is 7.45. The first-order valence-electron chi connectivity index (χ1n) is 12.0. The van der Waals surface area contributed by atoms with Gasteiger partial charge in [0.15, 0.2) is 5.11 Å². The molecule has 0 spiro atoms. The largest absolute Gasteiger partial charge is 0.352 e. The van der Waals surface area contributed by atoms with Gasteiger partial charge in [-0.15, -0.1) is 0 Å². The number of amides is 1. The van der Waals surface area contributed by atoms with Gasteiger partial charge in [0.2, 0.25) is 5.91 Å². The van der Waals surface area contributed by atoms with E-state index < -0.39 is 0 Å². The van der Waals surface area contributed by atoms with E-state index >= 15 is 0 Å². The molecule has 2 atom stereocenters. The highest BCUT2D eigenvalue weighted by atomic mass is 32.1. The molecule has 0 unspecified atom stereocenters. The van der Waals surface area contributed by atoms with E-state index in [4.69, 9.17) is 12.2 Å². The Morgan fingerprint density at radius 1 is 1.12 bits per heavy atom. The Morgan fingerprint density at radius 3 is 2.56 bits per heavy atom.